The van der Waals surface area contributed by atoms with Crippen molar-refractivity contribution in [1.82, 2.24) is 10.3 Å². The molecule has 1 fully saturated rings. The standard InChI is InChI=1S/C13H15FN2/c1-8-12(7-15-10-3-4-10)11-6-9(14)2-5-13(11)16-8/h2,5-6,10,15-16H,3-4,7H2,1H3. The highest BCUT2D eigenvalue weighted by atomic mass is 19.1. The summed E-state index contributed by atoms with van der Waals surface area (Å²) in [4.78, 5) is 3.29. The molecular weight excluding hydrogens is 203 g/mol. The van der Waals surface area contributed by atoms with Gasteiger partial charge < -0.3 is 10.3 Å². The molecule has 2 nitrogen and oxygen atoms in total. The molecule has 1 saturated carbocycles. The lowest BCUT2D eigenvalue weighted by Gasteiger charge is -2.03. The molecule has 0 atom stereocenters. The first-order chi connectivity index (χ1) is 7.74. The predicted octanol–water partition coefficient (Wildman–Crippen LogP) is 2.87. The molecule has 2 aromatic rings. The molecule has 0 saturated heterocycles. The molecule has 0 bridgehead atoms. The third kappa shape index (κ3) is 1.71. The smallest absolute Gasteiger partial charge is 0.123 e. The molecule has 84 valence electrons. The fourth-order valence-corrected chi connectivity index (χ4v) is 2.12. The maximum Gasteiger partial charge on any atom is 0.123 e. The maximum absolute atomic E-state index is 13.2. The molecule has 3 heteroatoms. The molecule has 16 heavy (non-hydrogen) atoms. The van der Waals surface area contributed by atoms with Crippen LogP contribution in [0.5, 0.6) is 0 Å². The minimum atomic E-state index is -0.167. The van der Waals surface area contributed by atoms with Crippen molar-refractivity contribution in [1.29, 1.82) is 0 Å². The molecule has 0 spiro atoms. The van der Waals surface area contributed by atoms with E-state index in [2.05, 4.69) is 10.3 Å². The van der Waals surface area contributed by atoms with E-state index in [1.807, 2.05) is 6.92 Å². The summed E-state index contributed by atoms with van der Waals surface area (Å²) in [5.74, 6) is -0.167. The number of benzene rings is 1. The van der Waals surface area contributed by atoms with Crippen molar-refractivity contribution >= 4 is 10.9 Å². The number of rotatable bonds is 3. The van der Waals surface area contributed by atoms with Crippen LogP contribution in [0.3, 0.4) is 0 Å². The van der Waals surface area contributed by atoms with E-state index in [4.69, 9.17) is 0 Å². The van der Waals surface area contributed by atoms with Gasteiger partial charge in [0.2, 0.25) is 0 Å². The van der Waals surface area contributed by atoms with Crippen molar-refractivity contribution in [3.63, 3.8) is 0 Å². The fraction of sp³-hybridized carbons (Fsp3) is 0.385. The average molecular weight is 218 g/mol. The highest BCUT2D eigenvalue weighted by Crippen LogP contribution is 2.25. The summed E-state index contributed by atoms with van der Waals surface area (Å²) in [6.45, 7) is 2.88. The van der Waals surface area contributed by atoms with Crippen LogP contribution in [-0.2, 0) is 6.54 Å². The first kappa shape index (κ1) is 9.85. The number of aryl methyl sites for hydroxylation is 1. The Bertz CT molecular complexity index is 526. The molecule has 1 aliphatic carbocycles. The second-order valence-electron chi connectivity index (χ2n) is 4.57. The lowest BCUT2D eigenvalue weighted by molar-refractivity contribution is 0.629. The van der Waals surface area contributed by atoms with E-state index in [-0.39, 0.29) is 5.82 Å². The number of hydrogen-bond donors (Lipinski definition) is 2. The van der Waals surface area contributed by atoms with Gasteiger partial charge >= 0.3 is 0 Å². The van der Waals surface area contributed by atoms with Crippen LogP contribution in [0.2, 0.25) is 0 Å². The number of nitrogens with one attached hydrogen (secondary N) is 2. The van der Waals surface area contributed by atoms with E-state index in [0.717, 1.165) is 23.1 Å². The van der Waals surface area contributed by atoms with Crippen LogP contribution in [0.25, 0.3) is 10.9 Å². The van der Waals surface area contributed by atoms with Gasteiger partial charge in [0.15, 0.2) is 0 Å². The summed E-state index contributed by atoms with van der Waals surface area (Å²) < 4.78 is 13.2. The lowest BCUT2D eigenvalue weighted by atomic mass is 10.1. The third-order valence-electron chi connectivity index (χ3n) is 3.23. The minimum absolute atomic E-state index is 0.167. The SMILES string of the molecule is Cc1[nH]c2ccc(F)cc2c1CNC1CC1. The van der Waals surface area contributed by atoms with Crippen LogP contribution in [0.4, 0.5) is 4.39 Å². The zero-order valence-electron chi connectivity index (χ0n) is 9.31. The van der Waals surface area contributed by atoms with Crippen molar-refractivity contribution in [2.24, 2.45) is 0 Å². The van der Waals surface area contributed by atoms with Crippen molar-refractivity contribution in [3.05, 3.63) is 35.3 Å². The molecule has 2 N–H and O–H groups in total. The van der Waals surface area contributed by atoms with Crippen LogP contribution in [0.1, 0.15) is 24.1 Å². The number of halogens is 1. The van der Waals surface area contributed by atoms with Crippen LogP contribution in [0, 0.1) is 12.7 Å². The Morgan fingerprint density at radius 2 is 2.25 bits per heavy atom. The molecule has 1 aliphatic rings. The topological polar surface area (TPSA) is 27.8 Å². The lowest BCUT2D eigenvalue weighted by Crippen LogP contribution is -2.15. The summed E-state index contributed by atoms with van der Waals surface area (Å²) >= 11 is 0. The van der Waals surface area contributed by atoms with Gasteiger partial charge in [-0.25, -0.2) is 4.39 Å². The van der Waals surface area contributed by atoms with E-state index < -0.39 is 0 Å². The Labute approximate surface area is 93.9 Å². The first-order valence-corrected chi connectivity index (χ1v) is 5.74. The van der Waals surface area contributed by atoms with Crippen molar-refractivity contribution in [2.45, 2.75) is 32.4 Å². The molecule has 1 aromatic heterocycles. The summed E-state index contributed by atoms with van der Waals surface area (Å²) in [5.41, 5.74) is 3.35. The maximum atomic E-state index is 13.2. The molecule has 0 amide bonds. The first-order valence-electron chi connectivity index (χ1n) is 5.74. The molecule has 1 heterocycles. The highest BCUT2D eigenvalue weighted by Gasteiger charge is 2.21. The van der Waals surface area contributed by atoms with Crippen molar-refractivity contribution in [2.75, 3.05) is 0 Å². The van der Waals surface area contributed by atoms with Crippen LogP contribution in [-0.4, -0.2) is 11.0 Å². The fourth-order valence-electron chi connectivity index (χ4n) is 2.12. The Hall–Kier alpha value is -1.35. The van der Waals surface area contributed by atoms with Gasteiger partial charge in [-0.1, -0.05) is 0 Å². The van der Waals surface area contributed by atoms with E-state index >= 15 is 0 Å². The van der Waals surface area contributed by atoms with Gasteiger partial charge in [0.05, 0.1) is 0 Å². The van der Waals surface area contributed by atoms with Crippen molar-refractivity contribution < 1.29 is 4.39 Å². The van der Waals surface area contributed by atoms with Gasteiger partial charge in [-0.3, -0.25) is 0 Å². The van der Waals surface area contributed by atoms with Gasteiger partial charge in [-0.2, -0.15) is 0 Å². The second-order valence-corrected chi connectivity index (χ2v) is 4.57. The number of aromatic nitrogens is 1. The molecule has 0 unspecified atom stereocenters. The zero-order chi connectivity index (χ0) is 11.1. The van der Waals surface area contributed by atoms with E-state index in [1.54, 1.807) is 12.1 Å². The van der Waals surface area contributed by atoms with E-state index in [1.165, 1.54) is 24.5 Å². The average Bonchev–Trinajstić information content (AvgIpc) is 3.01. The predicted molar refractivity (Wildman–Crippen MR) is 62.9 cm³/mol. The number of hydrogen-bond acceptors (Lipinski definition) is 1. The Morgan fingerprint density at radius 3 is 3.00 bits per heavy atom. The Balaban J connectivity index is 1.99. The number of aromatic amines is 1. The zero-order valence-corrected chi connectivity index (χ0v) is 9.31. The monoisotopic (exact) mass is 218 g/mol. The summed E-state index contributed by atoms with van der Waals surface area (Å²) in [6, 6.07) is 5.59. The summed E-state index contributed by atoms with van der Waals surface area (Å²) in [7, 11) is 0. The quantitative estimate of drug-likeness (QED) is 0.814. The molecule has 3 rings (SSSR count). The van der Waals surface area contributed by atoms with Crippen LogP contribution < -0.4 is 5.32 Å². The van der Waals surface area contributed by atoms with Gasteiger partial charge in [0.25, 0.3) is 0 Å². The highest BCUT2D eigenvalue weighted by molar-refractivity contribution is 5.84. The normalized spacial score (nSPS) is 15.9. The van der Waals surface area contributed by atoms with Gasteiger partial charge in [0, 0.05) is 29.2 Å². The summed E-state index contributed by atoms with van der Waals surface area (Å²) in [6.07, 6.45) is 2.55. The third-order valence-corrected chi connectivity index (χ3v) is 3.23. The second kappa shape index (κ2) is 3.59. The van der Waals surface area contributed by atoms with Gasteiger partial charge in [-0.05, 0) is 43.5 Å². The minimum Gasteiger partial charge on any atom is -0.358 e. The number of H-pyrrole nitrogens is 1. The largest absolute Gasteiger partial charge is 0.358 e. The van der Waals surface area contributed by atoms with Gasteiger partial charge in [-0.15, -0.1) is 0 Å². The Morgan fingerprint density at radius 1 is 1.44 bits per heavy atom. The van der Waals surface area contributed by atoms with Gasteiger partial charge in [0.1, 0.15) is 5.82 Å². The van der Waals surface area contributed by atoms with Crippen molar-refractivity contribution in [3.8, 4) is 0 Å². The summed E-state index contributed by atoms with van der Waals surface area (Å²) in [5, 5.41) is 4.47. The molecular formula is C13H15FN2. The van der Waals surface area contributed by atoms with E-state index in [0.29, 0.717) is 6.04 Å². The van der Waals surface area contributed by atoms with Crippen LogP contribution in [0.15, 0.2) is 18.2 Å². The Kier molecular flexibility index (Phi) is 2.21. The van der Waals surface area contributed by atoms with Crippen LogP contribution >= 0.6 is 0 Å². The number of fused-ring (bicyclic) bond motifs is 1. The molecule has 0 radical (unpaired) electrons. The molecule has 0 aliphatic heterocycles. The van der Waals surface area contributed by atoms with E-state index in [9.17, 15) is 4.39 Å². The molecule has 1 aromatic carbocycles.